The van der Waals surface area contributed by atoms with Crippen LogP contribution in [0.3, 0.4) is 0 Å². The predicted octanol–water partition coefficient (Wildman–Crippen LogP) is 5.02. The second-order valence-corrected chi connectivity index (χ2v) is 12.3. The van der Waals surface area contributed by atoms with Gasteiger partial charge < -0.3 is 19.1 Å². The molecule has 2 aromatic heterocycles. The van der Waals surface area contributed by atoms with Crippen molar-refractivity contribution in [1.82, 2.24) is 14.6 Å². The number of esters is 1. The minimum atomic E-state index is -1.26. The van der Waals surface area contributed by atoms with E-state index in [-0.39, 0.29) is 36.8 Å². The van der Waals surface area contributed by atoms with E-state index in [1.54, 1.807) is 34.7 Å². The molecule has 0 saturated carbocycles. The normalized spacial score (nSPS) is 20.7. The summed E-state index contributed by atoms with van der Waals surface area (Å²) in [5.41, 5.74) is 3.86. The first-order chi connectivity index (χ1) is 22.9. The van der Waals surface area contributed by atoms with Gasteiger partial charge in [0.15, 0.2) is 17.3 Å². The molecule has 3 unspecified atom stereocenters. The van der Waals surface area contributed by atoms with Crippen LogP contribution in [0.1, 0.15) is 49.9 Å². The summed E-state index contributed by atoms with van der Waals surface area (Å²) >= 11 is 1.32. The zero-order valence-electron chi connectivity index (χ0n) is 24.3. The first kappa shape index (κ1) is 27.9. The van der Waals surface area contributed by atoms with Crippen LogP contribution in [0, 0.1) is 11.6 Å². The number of halogens is 2. The van der Waals surface area contributed by atoms with Gasteiger partial charge in [0, 0.05) is 29.9 Å². The van der Waals surface area contributed by atoms with Crippen LogP contribution < -0.4 is 15.2 Å². The Bertz CT molecular complexity index is 2220. The fourth-order valence-corrected chi connectivity index (χ4v) is 7.83. The number of nitrogens with zero attached hydrogens (tertiary/aromatic N) is 4. The van der Waals surface area contributed by atoms with Crippen LogP contribution >= 0.6 is 11.3 Å². The number of cyclic esters (lactones) is 1. The van der Waals surface area contributed by atoms with Crippen LogP contribution in [-0.4, -0.2) is 52.4 Å². The van der Waals surface area contributed by atoms with Crippen molar-refractivity contribution >= 4 is 23.2 Å². The van der Waals surface area contributed by atoms with Gasteiger partial charge in [-0.05, 0) is 28.8 Å². The van der Waals surface area contributed by atoms with E-state index in [4.69, 9.17) is 14.2 Å². The van der Waals surface area contributed by atoms with E-state index in [0.29, 0.717) is 27.3 Å². The number of rotatable bonds is 3. The van der Waals surface area contributed by atoms with Gasteiger partial charge in [-0.15, -0.1) is 11.3 Å². The maximum Gasteiger partial charge on any atom is 0.342 e. The molecule has 234 valence electrons. The van der Waals surface area contributed by atoms with Gasteiger partial charge in [0.25, 0.3) is 12.2 Å². The third-order valence-corrected chi connectivity index (χ3v) is 9.88. The van der Waals surface area contributed by atoms with Crippen LogP contribution in [0.2, 0.25) is 0 Å². The molecular weight excluding hydrogens is 630 g/mol. The topological polar surface area (TPSA) is 103 Å². The molecule has 13 heteroatoms. The lowest BCUT2D eigenvalue weighted by Gasteiger charge is -2.51. The van der Waals surface area contributed by atoms with Crippen molar-refractivity contribution in [3.63, 3.8) is 0 Å². The summed E-state index contributed by atoms with van der Waals surface area (Å²) in [4.78, 5) is 47.2. The lowest BCUT2D eigenvalue weighted by Crippen LogP contribution is -2.66. The summed E-state index contributed by atoms with van der Waals surface area (Å²) in [5, 5.41) is 1.84. The first-order valence-electron chi connectivity index (χ1n) is 14.8. The van der Waals surface area contributed by atoms with Crippen molar-refractivity contribution in [3.05, 3.63) is 128 Å². The average Bonchev–Trinajstić information content (AvgIpc) is 3.67. The number of thiazole rings is 1. The molecule has 3 atom stereocenters. The molecule has 0 spiro atoms. The van der Waals surface area contributed by atoms with E-state index in [1.807, 2.05) is 29.3 Å². The van der Waals surface area contributed by atoms with E-state index in [1.165, 1.54) is 34.3 Å². The van der Waals surface area contributed by atoms with Gasteiger partial charge in [0.1, 0.15) is 6.17 Å². The molecule has 3 aliphatic heterocycles. The molecule has 9 rings (SSSR count). The van der Waals surface area contributed by atoms with Crippen molar-refractivity contribution in [3.8, 4) is 27.4 Å². The highest BCUT2D eigenvalue weighted by Crippen LogP contribution is 2.50. The second kappa shape index (κ2) is 10.3. The number of amides is 1. The van der Waals surface area contributed by atoms with E-state index in [9.17, 15) is 18.8 Å². The Morgan fingerprint density at radius 3 is 2.55 bits per heavy atom. The van der Waals surface area contributed by atoms with Crippen LogP contribution in [0.15, 0.2) is 83.2 Å². The fourth-order valence-electron chi connectivity index (χ4n) is 6.98. The summed E-state index contributed by atoms with van der Waals surface area (Å²) in [6.07, 6.45) is -0.516. The third-order valence-electron chi connectivity index (χ3n) is 9.02. The Kier molecular flexibility index (Phi) is 6.11. The molecule has 5 aromatic rings. The Balaban J connectivity index is 1.30. The number of carbonyl (C=O) groups is 2. The standard InChI is InChI=1S/C34H22F2N4O6S/c35-22-10-9-21-25(26(22)36)27-31(47-16-37-27)18-6-2-1-5-17(18)28(21)40-24-15-44-14-13-38(24)32(42)29-30(23(41)11-12-39(29)40)45-34-20-8-4-3-7-19(20)33(43)46-34/h1-12,16,24,28,34H,13-15H2. The quantitative estimate of drug-likeness (QED) is 0.251. The first-order valence-corrected chi connectivity index (χ1v) is 15.7. The number of pyridine rings is 1. The van der Waals surface area contributed by atoms with Crippen molar-refractivity contribution < 1.29 is 32.6 Å². The van der Waals surface area contributed by atoms with Crippen LogP contribution in [-0.2, 0) is 9.47 Å². The van der Waals surface area contributed by atoms with Gasteiger partial charge >= 0.3 is 5.97 Å². The summed E-state index contributed by atoms with van der Waals surface area (Å²) < 4.78 is 49.9. The fraction of sp³-hybridized carbons (Fsp3) is 0.176. The molecule has 5 heterocycles. The van der Waals surface area contributed by atoms with Gasteiger partial charge in [-0.2, -0.15) is 0 Å². The van der Waals surface area contributed by atoms with Crippen molar-refractivity contribution in [2.75, 3.05) is 24.8 Å². The Labute approximate surface area is 268 Å². The second-order valence-electron chi connectivity index (χ2n) is 11.4. The molecule has 10 nitrogen and oxygen atoms in total. The molecule has 47 heavy (non-hydrogen) atoms. The summed E-state index contributed by atoms with van der Waals surface area (Å²) in [6.45, 7) is 0.534. The van der Waals surface area contributed by atoms with E-state index >= 15 is 4.39 Å². The molecule has 1 saturated heterocycles. The molecule has 0 N–H and O–H groups in total. The number of hydrogen-bond acceptors (Lipinski definition) is 9. The maximum atomic E-state index is 15.9. The van der Waals surface area contributed by atoms with Crippen molar-refractivity contribution in [1.29, 1.82) is 0 Å². The van der Waals surface area contributed by atoms with Gasteiger partial charge in [-0.1, -0.05) is 48.5 Å². The highest BCUT2D eigenvalue weighted by atomic mass is 32.1. The minimum Gasteiger partial charge on any atom is -0.444 e. The monoisotopic (exact) mass is 652 g/mol. The number of benzene rings is 3. The van der Waals surface area contributed by atoms with Gasteiger partial charge in [0.05, 0.1) is 40.9 Å². The van der Waals surface area contributed by atoms with Gasteiger partial charge in [0.2, 0.25) is 11.2 Å². The summed E-state index contributed by atoms with van der Waals surface area (Å²) in [7, 11) is 0. The van der Waals surface area contributed by atoms with Crippen molar-refractivity contribution in [2.45, 2.75) is 18.5 Å². The largest absolute Gasteiger partial charge is 0.444 e. The number of fused-ring (bicyclic) bond motifs is 8. The highest BCUT2D eigenvalue weighted by molar-refractivity contribution is 7.13. The predicted molar refractivity (Wildman–Crippen MR) is 165 cm³/mol. The average molecular weight is 653 g/mol. The smallest absolute Gasteiger partial charge is 0.342 e. The molecule has 0 radical (unpaired) electrons. The number of hydrogen-bond donors (Lipinski definition) is 0. The molecule has 0 bridgehead atoms. The molecule has 4 aliphatic rings. The zero-order valence-corrected chi connectivity index (χ0v) is 25.1. The number of morpholine rings is 1. The van der Waals surface area contributed by atoms with Crippen LogP contribution in [0.4, 0.5) is 8.78 Å². The third kappa shape index (κ3) is 3.96. The number of aromatic nitrogens is 2. The molecule has 1 aliphatic carbocycles. The van der Waals surface area contributed by atoms with Crippen LogP contribution in [0.25, 0.3) is 21.7 Å². The number of carbonyl (C=O) groups excluding carboxylic acids is 2. The Morgan fingerprint density at radius 1 is 0.915 bits per heavy atom. The number of ether oxygens (including phenoxy) is 3. The molecule has 1 fully saturated rings. The lowest BCUT2D eigenvalue weighted by atomic mass is 9.92. The van der Waals surface area contributed by atoms with Crippen molar-refractivity contribution in [2.24, 2.45) is 0 Å². The minimum absolute atomic E-state index is 0.0103. The SMILES string of the molecule is O=C1OC(Oc2c3n(ccc2=O)N(C2c4ccccc4-c4scnc4-c4c2ccc(F)c4F)C2COCCN2C3=O)c2ccccc21. The Hall–Kier alpha value is -5.40. The van der Waals surface area contributed by atoms with Gasteiger partial charge in [-0.25, -0.2) is 18.6 Å². The Morgan fingerprint density at radius 2 is 1.70 bits per heavy atom. The van der Waals surface area contributed by atoms with E-state index < -0.39 is 47.4 Å². The molecule has 3 aromatic carbocycles. The van der Waals surface area contributed by atoms with E-state index in [2.05, 4.69) is 4.98 Å². The summed E-state index contributed by atoms with van der Waals surface area (Å²) in [6, 6.07) is 17.2. The maximum absolute atomic E-state index is 15.9. The highest BCUT2D eigenvalue weighted by Gasteiger charge is 2.47. The van der Waals surface area contributed by atoms with E-state index in [0.717, 1.165) is 17.2 Å². The molecule has 1 amide bonds. The zero-order chi connectivity index (χ0) is 32.0. The summed E-state index contributed by atoms with van der Waals surface area (Å²) in [5.74, 6) is -3.47. The van der Waals surface area contributed by atoms with Crippen LogP contribution in [0.5, 0.6) is 5.75 Å². The van der Waals surface area contributed by atoms with Gasteiger partial charge in [-0.3, -0.25) is 19.3 Å². The molecular formula is C34H22F2N4O6S. The lowest BCUT2D eigenvalue weighted by molar-refractivity contribution is -0.0417.